The van der Waals surface area contributed by atoms with Gasteiger partial charge in [0.15, 0.2) is 0 Å². The Morgan fingerprint density at radius 3 is 2.43 bits per heavy atom. The Labute approximate surface area is 143 Å². The highest BCUT2D eigenvalue weighted by Gasteiger charge is 2.31. The minimum absolute atomic E-state index is 0.175. The first-order chi connectivity index (χ1) is 11.0. The Morgan fingerprint density at radius 1 is 1.17 bits per heavy atom. The topological polar surface area (TPSA) is 84.9 Å². The van der Waals surface area contributed by atoms with Crippen LogP contribution in [0.15, 0.2) is 16.6 Å². The third-order valence-corrected chi connectivity index (χ3v) is 4.75. The van der Waals surface area contributed by atoms with Gasteiger partial charge in [-0.3, -0.25) is 9.59 Å². The fourth-order valence-electron chi connectivity index (χ4n) is 2.84. The summed E-state index contributed by atoms with van der Waals surface area (Å²) in [7, 11) is 3.06. The van der Waals surface area contributed by atoms with Crippen LogP contribution in [0.3, 0.4) is 0 Å². The van der Waals surface area contributed by atoms with Crippen molar-refractivity contribution in [3.05, 3.63) is 16.6 Å². The summed E-state index contributed by atoms with van der Waals surface area (Å²) in [6, 6.07) is 3.40. The fourth-order valence-corrected chi connectivity index (χ4v) is 3.35. The van der Waals surface area contributed by atoms with Gasteiger partial charge in [0, 0.05) is 12.0 Å². The molecule has 2 rings (SSSR count). The molecule has 2 N–H and O–H groups in total. The van der Waals surface area contributed by atoms with E-state index in [0.717, 1.165) is 6.42 Å². The number of ether oxygens (including phenoxy) is 2. The predicted octanol–water partition coefficient (Wildman–Crippen LogP) is 3.30. The average molecular weight is 386 g/mol. The zero-order valence-corrected chi connectivity index (χ0v) is 14.7. The lowest BCUT2D eigenvalue weighted by molar-refractivity contribution is -0.143. The smallest absolute Gasteiger partial charge is 0.306 e. The van der Waals surface area contributed by atoms with Crippen molar-refractivity contribution in [3.8, 4) is 11.5 Å². The summed E-state index contributed by atoms with van der Waals surface area (Å²) in [5.41, 5.74) is 0.530. The van der Waals surface area contributed by atoms with E-state index < -0.39 is 11.9 Å². The van der Waals surface area contributed by atoms with Crippen LogP contribution in [0.25, 0.3) is 0 Å². The molecule has 1 amide bonds. The Hall–Kier alpha value is -1.76. The molecular weight excluding hydrogens is 366 g/mol. The third kappa shape index (κ3) is 4.16. The van der Waals surface area contributed by atoms with E-state index in [0.29, 0.717) is 40.9 Å². The molecule has 0 aromatic heterocycles. The van der Waals surface area contributed by atoms with E-state index >= 15 is 0 Å². The minimum Gasteiger partial charge on any atom is -0.495 e. The number of carbonyl (C=O) groups excluding carboxylic acids is 1. The summed E-state index contributed by atoms with van der Waals surface area (Å²) in [6.45, 7) is 0. The van der Waals surface area contributed by atoms with E-state index in [2.05, 4.69) is 21.2 Å². The van der Waals surface area contributed by atoms with Gasteiger partial charge in [0.05, 0.1) is 30.3 Å². The summed E-state index contributed by atoms with van der Waals surface area (Å²) in [5, 5.41) is 12.0. The molecule has 1 aliphatic rings. The number of anilines is 1. The minimum atomic E-state index is -0.827. The Kier molecular flexibility index (Phi) is 5.87. The van der Waals surface area contributed by atoms with Crippen molar-refractivity contribution in [2.24, 2.45) is 11.8 Å². The first kappa shape index (κ1) is 17.6. The van der Waals surface area contributed by atoms with Gasteiger partial charge in [-0.15, -0.1) is 0 Å². The monoisotopic (exact) mass is 385 g/mol. The van der Waals surface area contributed by atoms with Gasteiger partial charge in [-0.25, -0.2) is 0 Å². The molecule has 6 nitrogen and oxygen atoms in total. The highest BCUT2D eigenvalue weighted by Crippen LogP contribution is 2.37. The first-order valence-electron chi connectivity index (χ1n) is 7.41. The zero-order chi connectivity index (χ0) is 17.0. The van der Waals surface area contributed by atoms with E-state index in [9.17, 15) is 9.59 Å². The lowest BCUT2D eigenvalue weighted by Crippen LogP contribution is -2.31. The van der Waals surface area contributed by atoms with Gasteiger partial charge >= 0.3 is 5.97 Å². The molecule has 1 aliphatic carbocycles. The van der Waals surface area contributed by atoms with E-state index in [1.807, 2.05) is 0 Å². The molecule has 1 aromatic carbocycles. The number of rotatable bonds is 5. The SMILES string of the molecule is COc1cc(OC)c(NC(=O)C2CCCC(C(=O)O)C2)cc1Br. The second-order valence-electron chi connectivity index (χ2n) is 5.57. The number of hydrogen-bond acceptors (Lipinski definition) is 4. The summed E-state index contributed by atoms with van der Waals surface area (Å²) in [6.07, 6.45) is 2.46. The molecule has 1 saturated carbocycles. The molecule has 0 radical (unpaired) electrons. The average Bonchev–Trinajstić information content (AvgIpc) is 2.55. The van der Waals surface area contributed by atoms with Crippen LogP contribution in [0.1, 0.15) is 25.7 Å². The molecule has 0 bridgehead atoms. The Balaban J connectivity index is 2.13. The van der Waals surface area contributed by atoms with Gasteiger partial charge in [0.25, 0.3) is 0 Å². The number of carbonyl (C=O) groups is 2. The van der Waals surface area contributed by atoms with Crippen LogP contribution in [0.5, 0.6) is 11.5 Å². The maximum atomic E-state index is 12.5. The molecule has 7 heteroatoms. The summed E-state index contributed by atoms with van der Waals surface area (Å²) in [5.74, 6) is -0.648. The zero-order valence-electron chi connectivity index (χ0n) is 13.1. The predicted molar refractivity (Wildman–Crippen MR) is 89.0 cm³/mol. The number of aliphatic carboxylic acids is 1. The van der Waals surface area contributed by atoms with Crippen molar-refractivity contribution in [2.75, 3.05) is 19.5 Å². The van der Waals surface area contributed by atoms with Crippen molar-refractivity contribution in [2.45, 2.75) is 25.7 Å². The van der Waals surface area contributed by atoms with Gasteiger partial charge in [0.1, 0.15) is 11.5 Å². The molecule has 0 saturated heterocycles. The first-order valence-corrected chi connectivity index (χ1v) is 8.20. The quantitative estimate of drug-likeness (QED) is 0.811. The maximum Gasteiger partial charge on any atom is 0.306 e. The van der Waals surface area contributed by atoms with E-state index in [1.165, 1.54) is 7.11 Å². The van der Waals surface area contributed by atoms with Crippen LogP contribution in [0, 0.1) is 11.8 Å². The van der Waals surface area contributed by atoms with Crippen LogP contribution in [0.2, 0.25) is 0 Å². The molecule has 1 aromatic rings. The number of halogens is 1. The van der Waals surface area contributed by atoms with Crippen molar-refractivity contribution < 1.29 is 24.2 Å². The summed E-state index contributed by atoms with van der Waals surface area (Å²) >= 11 is 3.38. The van der Waals surface area contributed by atoms with Crippen molar-refractivity contribution in [1.29, 1.82) is 0 Å². The van der Waals surface area contributed by atoms with Gasteiger partial charge in [-0.05, 0) is 41.3 Å². The van der Waals surface area contributed by atoms with Gasteiger partial charge in [-0.1, -0.05) is 6.42 Å². The van der Waals surface area contributed by atoms with Crippen molar-refractivity contribution >= 4 is 33.5 Å². The molecule has 2 unspecified atom stereocenters. The maximum absolute atomic E-state index is 12.5. The van der Waals surface area contributed by atoms with Crippen LogP contribution in [0.4, 0.5) is 5.69 Å². The van der Waals surface area contributed by atoms with Gasteiger partial charge in [0.2, 0.25) is 5.91 Å². The number of nitrogens with one attached hydrogen (secondary N) is 1. The number of methoxy groups -OCH3 is 2. The molecule has 126 valence electrons. The molecule has 0 aliphatic heterocycles. The molecule has 0 spiro atoms. The molecule has 23 heavy (non-hydrogen) atoms. The largest absolute Gasteiger partial charge is 0.495 e. The molecule has 2 atom stereocenters. The van der Waals surface area contributed by atoms with Crippen LogP contribution < -0.4 is 14.8 Å². The van der Waals surface area contributed by atoms with Crippen molar-refractivity contribution in [3.63, 3.8) is 0 Å². The van der Waals surface area contributed by atoms with E-state index in [4.69, 9.17) is 14.6 Å². The number of hydrogen-bond donors (Lipinski definition) is 2. The Bertz CT molecular complexity index is 604. The van der Waals surface area contributed by atoms with E-state index in [1.54, 1.807) is 19.2 Å². The highest BCUT2D eigenvalue weighted by atomic mass is 79.9. The highest BCUT2D eigenvalue weighted by molar-refractivity contribution is 9.10. The number of amides is 1. The second kappa shape index (κ2) is 7.68. The van der Waals surface area contributed by atoms with Crippen molar-refractivity contribution in [1.82, 2.24) is 0 Å². The lowest BCUT2D eigenvalue weighted by atomic mass is 9.81. The van der Waals surface area contributed by atoms with Crippen LogP contribution >= 0.6 is 15.9 Å². The number of carboxylic acids is 1. The fraction of sp³-hybridized carbons (Fsp3) is 0.500. The molecule has 0 heterocycles. The van der Waals surface area contributed by atoms with Gasteiger partial charge < -0.3 is 19.9 Å². The number of carboxylic acid groups (broad SMARTS) is 1. The third-order valence-electron chi connectivity index (χ3n) is 4.13. The second-order valence-corrected chi connectivity index (χ2v) is 6.43. The normalized spacial score (nSPS) is 20.7. The summed E-state index contributed by atoms with van der Waals surface area (Å²) < 4.78 is 11.2. The molecule has 1 fully saturated rings. The standard InChI is InChI=1S/C16H20BrNO5/c1-22-13-8-14(23-2)12(7-11(13)17)18-15(19)9-4-3-5-10(6-9)16(20)21/h7-10H,3-6H2,1-2H3,(H,18,19)(H,20,21). The van der Waals surface area contributed by atoms with Crippen LogP contribution in [-0.4, -0.2) is 31.2 Å². The number of benzene rings is 1. The van der Waals surface area contributed by atoms with E-state index in [-0.39, 0.29) is 11.8 Å². The van der Waals surface area contributed by atoms with Gasteiger partial charge in [-0.2, -0.15) is 0 Å². The molecular formula is C16H20BrNO5. The summed E-state index contributed by atoms with van der Waals surface area (Å²) in [4.78, 5) is 23.6. The Morgan fingerprint density at radius 2 is 1.83 bits per heavy atom. The lowest BCUT2D eigenvalue weighted by Gasteiger charge is -2.26. The van der Waals surface area contributed by atoms with Crippen LogP contribution in [-0.2, 0) is 9.59 Å².